The molecule has 0 saturated carbocycles. The largest absolute Gasteiger partial charge is 0.493 e. The summed E-state index contributed by atoms with van der Waals surface area (Å²) in [4.78, 5) is 29.1. The van der Waals surface area contributed by atoms with Crippen LogP contribution in [0, 0.1) is 5.92 Å². The third-order valence-electron chi connectivity index (χ3n) is 6.29. The second-order valence-electron chi connectivity index (χ2n) is 9.55. The van der Waals surface area contributed by atoms with Gasteiger partial charge in [-0.15, -0.1) is 0 Å². The number of nitrogens with zero attached hydrogens (tertiary/aromatic N) is 1. The van der Waals surface area contributed by atoms with Gasteiger partial charge in [0.1, 0.15) is 6.04 Å². The number of ether oxygens (including phenoxy) is 2. The van der Waals surface area contributed by atoms with Crippen molar-refractivity contribution in [3.63, 3.8) is 0 Å². The molecule has 0 saturated heterocycles. The minimum absolute atomic E-state index is 0.129. The molecule has 0 heterocycles. The Kier molecular flexibility index (Phi) is 10.6. The summed E-state index contributed by atoms with van der Waals surface area (Å²) in [5.41, 5.74) is 2.76. The molecule has 0 radical (unpaired) electrons. The lowest BCUT2D eigenvalue weighted by atomic mass is 10.0. The normalized spacial score (nSPS) is 11.6. The van der Waals surface area contributed by atoms with Gasteiger partial charge in [-0.05, 0) is 41.2 Å². The lowest BCUT2D eigenvalue weighted by Gasteiger charge is -2.32. The highest BCUT2D eigenvalue weighted by molar-refractivity contribution is 5.88. The maximum atomic E-state index is 13.9. The number of benzene rings is 3. The molecule has 0 aliphatic heterocycles. The Hall–Kier alpha value is -3.80. The molecule has 0 bridgehead atoms. The molecule has 0 aromatic heterocycles. The number of hydrogen-bond donors (Lipinski definition) is 1. The smallest absolute Gasteiger partial charge is 0.243 e. The van der Waals surface area contributed by atoms with E-state index in [2.05, 4.69) is 19.2 Å². The summed E-state index contributed by atoms with van der Waals surface area (Å²) < 4.78 is 10.8. The molecule has 0 unspecified atom stereocenters. The highest BCUT2D eigenvalue weighted by atomic mass is 16.5. The van der Waals surface area contributed by atoms with Crippen molar-refractivity contribution in [1.29, 1.82) is 0 Å². The van der Waals surface area contributed by atoms with Crippen LogP contribution in [0.2, 0.25) is 0 Å². The zero-order valence-corrected chi connectivity index (χ0v) is 22.3. The monoisotopic (exact) mass is 502 g/mol. The summed E-state index contributed by atoms with van der Waals surface area (Å²) in [6.45, 7) is 5.16. The molecule has 1 N–H and O–H groups in total. The fraction of sp³-hybridized carbons (Fsp3) is 0.355. The van der Waals surface area contributed by atoms with Gasteiger partial charge >= 0.3 is 0 Å². The van der Waals surface area contributed by atoms with Crippen LogP contribution in [0.15, 0.2) is 78.9 Å². The van der Waals surface area contributed by atoms with Crippen LogP contribution < -0.4 is 14.8 Å². The summed E-state index contributed by atoms with van der Waals surface area (Å²) in [7, 11) is 3.15. The molecule has 3 aromatic rings. The highest BCUT2D eigenvalue weighted by Crippen LogP contribution is 2.28. The Balaban J connectivity index is 1.93. The molecule has 6 heteroatoms. The number of carbonyl (C=O) groups excluding carboxylic acids is 2. The highest BCUT2D eigenvalue weighted by Gasteiger charge is 2.30. The number of nitrogens with one attached hydrogen (secondary N) is 1. The van der Waals surface area contributed by atoms with Crippen molar-refractivity contribution in [1.82, 2.24) is 10.2 Å². The van der Waals surface area contributed by atoms with Crippen molar-refractivity contribution in [2.45, 2.75) is 45.7 Å². The number of hydrogen-bond acceptors (Lipinski definition) is 4. The standard InChI is InChI=1S/C31H38N2O4/c1-23(2)17-18-32-31(35)27(19-24-11-7-5-8-12-24)33(22-25-13-9-6-10-14-25)30(34)21-26-15-16-28(36-3)29(20-26)37-4/h5-16,20,23,27H,17-19,21-22H2,1-4H3,(H,32,35)/t27-/m0/s1. The van der Waals surface area contributed by atoms with E-state index in [1.165, 1.54) is 0 Å². The summed E-state index contributed by atoms with van der Waals surface area (Å²) in [6.07, 6.45) is 1.44. The van der Waals surface area contributed by atoms with Gasteiger partial charge in [0.15, 0.2) is 11.5 Å². The van der Waals surface area contributed by atoms with Gasteiger partial charge in [0.2, 0.25) is 11.8 Å². The fourth-order valence-corrected chi connectivity index (χ4v) is 4.20. The maximum Gasteiger partial charge on any atom is 0.243 e. The van der Waals surface area contributed by atoms with Crippen LogP contribution in [0.1, 0.15) is 37.0 Å². The molecule has 196 valence electrons. The van der Waals surface area contributed by atoms with Gasteiger partial charge in [0, 0.05) is 19.5 Å². The van der Waals surface area contributed by atoms with Crippen LogP contribution in [0.3, 0.4) is 0 Å². The average Bonchev–Trinajstić information content (AvgIpc) is 2.91. The van der Waals surface area contributed by atoms with Crippen LogP contribution in [0.4, 0.5) is 0 Å². The van der Waals surface area contributed by atoms with Gasteiger partial charge in [-0.2, -0.15) is 0 Å². The van der Waals surface area contributed by atoms with Crippen LogP contribution in [0.5, 0.6) is 11.5 Å². The minimum Gasteiger partial charge on any atom is -0.493 e. The van der Waals surface area contributed by atoms with Gasteiger partial charge in [-0.25, -0.2) is 0 Å². The molecular weight excluding hydrogens is 464 g/mol. The number of rotatable bonds is 13. The predicted molar refractivity (Wildman–Crippen MR) is 147 cm³/mol. The average molecular weight is 503 g/mol. The van der Waals surface area contributed by atoms with Crippen molar-refractivity contribution in [3.05, 3.63) is 95.6 Å². The van der Waals surface area contributed by atoms with Crippen LogP contribution in [-0.2, 0) is 29.0 Å². The van der Waals surface area contributed by atoms with Crippen LogP contribution in [0.25, 0.3) is 0 Å². The molecule has 2 amide bonds. The fourth-order valence-electron chi connectivity index (χ4n) is 4.20. The van der Waals surface area contributed by atoms with E-state index < -0.39 is 6.04 Å². The Labute approximate surface area is 220 Å². The zero-order valence-electron chi connectivity index (χ0n) is 22.3. The first kappa shape index (κ1) is 27.8. The topological polar surface area (TPSA) is 67.9 Å². The SMILES string of the molecule is COc1ccc(CC(=O)N(Cc2ccccc2)[C@@H](Cc2ccccc2)C(=O)NCCC(C)C)cc1OC. The molecule has 0 aliphatic rings. The second kappa shape index (κ2) is 14.1. The molecule has 1 atom stereocenters. The van der Waals surface area contributed by atoms with Gasteiger partial charge in [0.05, 0.1) is 20.6 Å². The first-order valence-electron chi connectivity index (χ1n) is 12.8. The summed E-state index contributed by atoms with van der Waals surface area (Å²) in [5, 5.41) is 3.08. The molecule has 0 spiro atoms. The molecule has 3 aromatic carbocycles. The maximum absolute atomic E-state index is 13.9. The summed E-state index contributed by atoms with van der Waals surface area (Å²) in [5.74, 6) is 1.37. The Morgan fingerprint density at radius 1 is 0.811 bits per heavy atom. The van der Waals surface area contributed by atoms with Crippen molar-refractivity contribution < 1.29 is 19.1 Å². The third kappa shape index (κ3) is 8.38. The quantitative estimate of drug-likeness (QED) is 0.355. The van der Waals surface area contributed by atoms with E-state index in [1.807, 2.05) is 72.8 Å². The van der Waals surface area contributed by atoms with Crippen molar-refractivity contribution in [2.24, 2.45) is 5.92 Å². The first-order chi connectivity index (χ1) is 17.9. The van der Waals surface area contributed by atoms with Gasteiger partial charge < -0.3 is 19.7 Å². The molecular formula is C31H38N2O4. The van der Waals surface area contributed by atoms with E-state index in [0.717, 1.165) is 23.1 Å². The summed E-state index contributed by atoms with van der Waals surface area (Å²) >= 11 is 0. The van der Waals surface area contributed by atoms with Crippen molar-refractivity contribution in [2.75, 3.05) is 20.8 Å². The van der Waals surface area contributed by atoms with Crippen molar-refractivity contribution in [3.8, 4) is 11.5 Å². The van der Waals surface area contributed by atoms with E-state index in [-0.39, 0.29) is 18.2 Å². The molecule has 0 aliphatic carbocycles. The van der Waals surface area contributed by atoms with E-state index in [4.69, 9.17) is 9.47 Å². The number of amides is 2. The first-order valence-corrected chi connectivity index (χ1v) is 12.8. The predicted octanol–water partition coefficient (Wildman–Crippen LogP) is 5.05. The van der Waals surface area contributed by atoms with E-state index in [9.17, 15) is 9.59 Å². The Bertz CT molecular complexity index is 1130. The summed E-state index contributed by atoms with van der Waals surface area (Å²) in [6, 6.07) is 24.5. The minimum atomic E-state index is -0.651. The lowest BCUT2D eigenvalue weighted by molar-refractivity contribution is -0.140. The van der Waals surface area contributed by atoms with Gasteiger partial charge in [-0.1, -0.05) is 80.6 Å². The van der Waals surface area contributed by atoms with Gasteiger partial charge in [-0.3, -0.25) is 9.59 Å². The van der Waals surface area contributed by atoms with Crippen LogP contribution in [-0.4, -0.2) is 43.5 Å². The van der Waals surface area contributed by atoms with Crippen molar-refractivity contribution >= 4 is 11.8 Å². The molecule has 3 rings (SSSR count). The van der Waals surface area contributed by atoms with E-state index in [0.29, 0.717) is 36.9 Å². The second-order valence-corrected chi connectivity index (χ2v) is 9.55. The van der Waals surface area contributed by atoms with Gasteiger partial charge in [0.25, 0.3) is 0 Å². The molecule has 0 fully saturated rings. The lowest BCUT2D eigenvalue weighted by Crippen LogP contribution is -2.51. The third-order valence-corrected chi connectivity index (χ3v) is 6.29. The Morgan fingerprint density at radius 2 is 1.43 bits per heavy atom. The molecule has 6 nitrogen and oxygen atoms in total. The number of methoxy groups -OCH3 is 2. The Morgan fingerprint density at radius 3 is 2.03 bits per heavy atom. The van der Waals surface area contributed by atoms with E-state index >= 15 is 0 Å². The zero-order chi connectivity index (χ0) is 26.6. The van der Waals surface area contributed by atoms with E-state index in [1.54, 1.807) is 25.2 Å². The molecule has 37 heavy (non-hydrogen) atoms. The van der Waals surface area contributed by atoms with Crippen LogP contribution >= 0.6 is 0 Å². The number of carbonyl (C=O) groups is 2.